The predicted octanol–water partition coefficient (Wildman–Crippen LogP) is 6.00. The number of nitrogens with zero attached hydrogens (tertiary/aromatic N) is 1. The van der Waals surface area contributed by atoms with Crippen molar-refractivity contribution in [2.24, 2.45) is 0 Å². The van der Waals surface area contributed by atoms with Crippen LogP contribution in [0.4, 0.5) is 5.69 Å². The highest BCUT2D eigenvalue weighted by Gasteiger charge is 2.47. The zero-order valence-corrected chi connectivity index (χ0v) is 18.9. The Bertz CT molecular complexity index is 1220. The topological polar surface area (TPSA) is 66.8 Å². The van der Waals surface area contributed by atoms with E-state index in [4.69, 9.17) is 27.9 Å². The largest absolute Gasteiger partial charge is 0.507 e. The number of amides is 1. The monoisotopic (exact) mass is 473 g/mol. The summed E-state index contributed by atoms with van der Waals surface area (Å²) in [6.45, 7) is 1.90. The number of benzene rings is 2. The van der Waals surface area contributed by atoms with E-state index in [-0.39, 0.29) is 16.4 Å². The number of carbonyl (C=O) groups is 2. The lowest BCUT2D eigenvalue weighted by Gasteiger charge is -2.25. The fourth-order valence-electron chi connectivity index (χ4n) is 3.58. The van der Waals surface area contributed by atoms with Gasteiger partial charge in [0.25, 0.3) is 11.7 Å². The highest BCUT2D eigenvalue weighted by Crippen LogP contribution is 2.45. The van der Waals surface area contributed by atoms with Crippen LogP contribution >= 0.6 is 34.5 Å². The smallest absolute Gasteiger partial charge is 0.300 e. The quantitative estimate of drug-likeness (QED) is 0.286. The molecular formula is C23H17Cl2NO4S. The van der Waals surface area contributed by atoms with Gasteiger partial charge in [-0.05, 0) is 66.4 Å². The molecule has 4 rings (SSSR count). The maximum Gasteiger partial charge on any atom is 0.300 e. The molecular weight excluding hydrogens is 457 g/mol. The van der Waals surface area contributed by atoms with Gasteiger partial charge in [0, 0.05) is 21.2 Å². The second kappa shape index (κ2) is 8.38. The van der Waals surface area contributed by atoms with Gasteiger partial charge in [-0.25, -0.2) is 0 Å². The molecule has 1 N–H and O–H groups in total. The molecule has 158 valence electrons. The van der Waals surface area contributed by atoms with Crippen LogP contribution in [-0.2, 0) is 9.59 Å². The number of ketones is 1. The van der Waals surface area contributed by atoms with Crippen molar-refractivity contribution in [2.45, 2.75) is 13.0 Å². The van der Waals surface area contributed by atoms with Crippen LogP contribution in [0.25, 0.3) is 5.76 Å². The number of thiophene rings is 1. The lowest BCUT2D eigenvalue weighted by Crippen LogP contribution is -2.29. The molecule has 2 aromatic carbocycles. The van der Waals surface area contributed by atoms with Crippen LogP contribution in [0.3, 0.4) is 0 Å². The molecule has 1 fully saturated rings. The van der Waals surface area contributed by atoms with Crippen LogP contribution in [-0.4, -0.2) is 23.9 Å². The fraction of sp³-hybridized carbons (Fsp3) is 0.130. The number of aryl methyl sites for hydroxylation is 1. The zero-order chi connectivity index (χ0) is 22.3. The summed E-state index contributed by atoms with van der Waals surface area (Å²) in [5.74, 6) is -1.35. The molecule has 1 unspecified atom stereocenters. The number of halogens is 2. The number of hydrogen-bond donors (Lipinski definition) is 1. The van der Waals surface area contributed by atoms with E-state index in [2.05, 4.69) is 0 Å². The maximum absolute atomic E-state index is 13.1. The minimum atomic E-state index is -0.776. The summed E-state index contributed by atoms with van der Waals surface area (Å²) in [5, 5.41) is 13.8. The molecule has 3 aromatic rings. The van der Waals surface area contributed by atoms with Crippen molar-refractivity contribution in [3.05, 3.63) is 85.5 Å². The van der Waals surface area contributed by atoms with E-state index in [0.717, 1.165) is 10.4 Å². The third-order valence-electron chi connectivity index (χ3n) is 5.12. The summed E-state index contributed by atoms with van der Waals surface area (Å²) >= 11 is 13.6. The number of anilines is 1. The van der Waals surface area contributed by atoms with Crippen molar-refractivity contribution in [3.8, 4) is 5.75 Å². The first-order chi connectivity index (χ1) is 14.8. The van der Waals surface area contributed by atoms with Gasteiger partial charge in [-0.15, -0.1) is 11.3 Å². The molecule has 5 nitrogen and oxygen atoms in total. The first-order valence-corrected chi connectivity index (χ1v) is 10.9. The number of aliphatic hydroxyl groups excluding tert-OH is 1. The van der Waals surface area contributed by atoms with E-state index < -0.39 is 17.7 Å². The van der Waals surface area contributed by atoms with Crippen molar-refractivity contribution in [1.82, 2.24) is 0 Å². The van der Waals surface area contributed by atoms with E-state index in [1.54, 1.807) is 36.4 Å². The van der Waals surface area contributed by atoms with Crippen molar-refractivity contribution < 1.29 is 19.4 Å². The van der Waals surface area contributed by atoms with Crippen LogP contribution < -0.4 is 9.64 Å². The summed E-state index contributed by atoms with van der Waals surface area (Å²) in [4.78, 5) is 28.4. The minimum Gasteiger partial charge on any atom is -0.507 e. The normalized spacial score (nSPS) is 17.9. The molecule has 1 aromatic heterocycles. The van der Waals surface area contributed by atoms with Gasteiger partial charge in [0.15, 0.2) is 0 Å². The van der Waals surface area contributed by atoms with Crippen molar-refractivity contribution in [2.75, 3.05) is 12.0 Å². The van der Waals surface area contributed by atoms with Crippen LogP contribution in [0.5, 0.6) is 5.75 Å². The molecule has 0 bridgehead atoms. The van der Waals surface area contributed by atoms with Crippen LogP contribution in [0.15, 0.2) is 59.5 Å². The van der Waals surface area contributed by atoms with Crippen LogP contribution in [0, 0.1) is 6.92 Å². The molecule has 31 heavy (non-hydrogen) atoms. The highest BCUT2D eigenvalue weighted by molar-refractivity contribution is 7.10. The van der Waals surface area contributed by atoms with Gasteiger partial charge in [0.2, 0.25) is 0 Å². The van der Waals surface area contributed by atoms with Crippen molar-refractivity contribution in [3.63, 3.8) is 0 Å². The van der Waals surface area contributed by atoms with Gasteiger partial charge < -0.3 is 9.84 Å². The second-order valence-corrected chi connectivity index (χ2v) is 8.75. The average molecular weight is 474 g/mol. The van der Waals surface area contributed by atoms with Crippen molar-refractivity contribution in [1.29, 1.82) is 0 Å². The standard InChI is InChI=1S/C23H17Cl2NO4S/c1-12-9-10-31-22(12)19-18(20(27)13-3-8-17(30-2)16(25)11-13)21(28)23(29)26(19)15-6-4-14(24)5-7-15/h3-11,19,27H,1-2H3/b20-18-. The molecule has 2 heterocycles. The molecule has 8 heteroatoms. The van der Waals surface area contributed by atoms with Crippen molar-refractivity contribution >= 4 is 57.7 Å². The summed E-state index contributed by atoms with van der Waals surface area (Å²) in [7, 11) is 1.48. The molecule has 1 amide bonds. The van der Waals surface area contributed by atoms with E-state index >= 15 is 0 Å². The van der Waals surface area contributed by atoms with Gasteiger partial charge in [-0.1, -0.05) is 23.2 Å². The number of aliphatic hydroxyl groups is 1. The highest BCUT2D eigenvalue weighted by atomic mass is 35.5. The lowest BCUT2D eigenvalue weighted by atomic mass is 9.98. The molecule has 1 atom stereocenters. The van der Waals surface area contributed by atoms with Gasteiger partial charge in [0.1, 0.15) is 17.6 Å². The number of methoxy groups -OCH3 is 1. The first kappa shape index (κ1) is 21.4. The Morgan fingerprint density at radius 3 is 2.39 bits per heavy atom. The Labute approximate surface area is 193 Å². The molecule has 0 spiro atoms. The van der Waals surface area contributed by atoms with Crippen LogP contribution in [0.2, 0.25) is 10.0 Å². The number of hydrogen-bond acceptors (Lipinski definition) is 5. The van der Waals surface area contributed by atoms with Gasteiger partial charge in [-0.3, -0.25) is 14.5 Å². The predicted molar refractivity (Wildman–Crippen MR) is 123 cm³/mol. The van der Waals surface area contributed by atoms with E-state index in [1.165, 1.54) is 29.4 Å². The Balaban J connectivity index is 1.93. The van der Waals surface area contributed by atoms with Crippen LogP contribution in [0.1, 0.15) is 22.0 Å². The van der Waals surface area contributed by atoms with Gasteiger partial charge in [-0.2, -0.15) is 0 Å². The lowest BCUT2D eigenvalue weighted by molar-refractivity contribution is -0.132. The van der Waals surface area contributed by atoms with Gasteiger partial charge in [0.05, 0.1) is 17.7 Å². The van der Waals surface area contributed by atoms with E-state index in [9.17, 15) is 14.7 Å². The Morgan fingerprint density at radius 1 is 1.10 bits per heavy atom. The van der Waals surface area contributed by atoms with Gasteiger partial charge >= 0.3 is 0 Å². The molecule has 1 saturated heterocycles. The third-order valence-corrected chi connectivity index (χ3v) is 6.74. The first-order valence-electron chi connectivity index (χ1n) is 9.28. The number of ether oxygens (including phenoxy) is 1. The Kier molecular flexibility index (Phi) is 5.79. The maximum atomic E-state index is 13.1. The number of Topliss-reactive ketones (excluding diaryl/α,β-unsaturated/α-hetero) is 1. The molecule has 0 saturated carbocycles. The number of carbonyl (C=O) groups excluding carboxylic acids is 2. The number of rotatable bonds is 4. The summed E-state index contributed by atoms with van der Waals surface area (Å²) in [6, 6.07) is 12.5. The molecule has 0 radical (unpaired) electrons. The summed E-state index contributed by atoms with van der Waals surface area (Å²) < 4.78 is 5.16. The summed E-state index contributed by atoms with van der Waals surface area (Å²) in [5.41, 5.74) is 1.75. The average Bonchev–Trinajstić information content (AvgIpc) is 3.29. The van der Waals surface area contributed by atoms with E-state index in [0.29, 0.717) is 22.0 Å². The fourth-order valence-corrected chi connectivity index (χ4v) is 4.99. The Hall–Kier alpha value is -2.80. The van der Waals surface area contributed by atoms with E-state index in [1.807, 2.05) is 18.4 Å². The minimum absolute atomic E-state index is 0.00623. The molecule has 0 aliphatic carbocycles. The molecule has 1 aliphatic heterocycles. The Morgan fingerprint density at radius 2 is 1.81 bits per heavy atom. The third kappa shape index (κ3) is 3.71. The summed E-state index contributed by atoms with van der Waals surface area (Å²) in [6.07, 6.45) is 0. The zero-order valence-electron chi connectivity index (χ0n) is 16.6. The molecule has 1 aliphatic rings. The SMILES string of the molecule is COc1ccc(/C(O)=C2/C(=O)C(=O)N(c3ccc(Cl)cc3)C2c2sccc2C)cc1Cl. The second-order valence-electron chi connectivity index (χ2n) is 6.96.